The van der Waals surface area contributed by atoms with Crippen molar-refractivity contribution >= 4 is 40.2 Å². The number of hydrogen-bond donors (Lipinski definition) is 1. The van der Waals surface area contributed by atoms with Gasteiger partial charge in [-0.15, -0.1) is 11.3 Å². The average molecular weight is 425 g/mol. The van der Waals surface area contributed by atoms with E-state index in [0.717, 1.165) is 29.5 Å². The van der Waals surface area contributed by atoms with Crippen LogP contribution in [0.3, 0.4) is 0 Å². The third-order valence-corrected chi connectivity index (χ3v) is 6.33. The highest BCUT2D eigenvalue weighted by Crippen LogP contribution is 2.46. The topological polar surface area (TPSA) is 75.7 Å². The van der Waals surface area contributed by atoms with Gasteiger partial charge < -0.3 is 15.0 Å². The molecule has 1 aromatic carbocycles. The lowest BCUT2D eigenvalue weighted by Gasteiger charge is -2.32. The molecule has 2 amide bonds. The van der Waals surface area contributed by atoms with Crippen molar-refractivity contribution in [1.29, 1.82) is 0 Å². The minimum absolute atomic E-state index is 0.0971. The Balaban J connectivity index is 1.57. The van der Waals surface area contributed by atoms with E-state index >= 15 is 0 Å². The summed E-state index contributed by atoms with van der Waals surface area (Å²) in [6.07, 6.45) is 5.80. The number of thiophene rings is 1. The highest BCUT2D eigenvalue weighted by atomic mass is 32.1. The number of rotatable bonds is 6. The SMILES string of the molecule is CCOC(=O)c1c(C2CC2)csc1NC(=O)CC1c2ccccc2C=CN1C(C)=O. The number of carbonyl (C=O) groups is 3. The van der Waals surface area contributed by atoms with Gasteiger partial charge in [0.1, 0.15) is 5.00 Å². The number of benzene rings is 1. The van der Waals surface area contributed by atoms with Gasteiger partial charge in [0.2, 0.25) is 11.8 Å². The smallest absolute Gasteiger partial charge is 0.341 e. The van der Waals surface area contributed by atoms with Crippen LogP contribution in [0.15, 0.2) is 35.8 Å². The Morgan fingerprint density at radius 2 is 1.97 bits per heavy atom. The Kier molecular flexibility index (Phi) is 5.72. The number of fused-ring (bicyclic) bond motifs is 1. The summed E-state index contributed by atoms with van der Waals surface area (Å²) in [5, 5.41) is 5.37. The highest BCUT2D eigenvalue weighted by Gasteiger charge is 2.33. The molecule has 0 radical (unpaired) electrons. The summed E-state index contributed by atoms with van der Waals surface area (Å²) in [5.41, 5.74) is 3.36. The van der Waals surface area contributed by atoms with Crippen molar-refractivity contribution in [3.05, 3.63) is 58.1 Å². The molecule has 1 aliphatic heterocycles. The number of esters is 1. The van der Waals surface area contributed by atoms with Crippen LogP contribution in [0.5, 0.6) is 0 Å². The van der Waals surface area contributed by atoms with E-state index in [4.69, 9.17) is 4.74 Å². The van der Waals surface area contributed by atoms with Crippen LogP contribution >= 0.6 is 11.3 Å². The normalized spacial score (nSPS) is 17.4. The van der Waals surface area contributed by atoms with Crippen LogP contribution in [0.25, 0.3) is 6.08 Å². The van der Waals surface area contributed by atoms with Crippen LogP contribution in [0, 0.1) is 0 Å². The van der Waals surface area contributed by atoms with E-state index in [9.17, 15) is 14.4 Å². The number of nitrogens with zero attached hydrogens (tertiary/aromatic N) is 1. The molecule has 2 aliphatic rings. The summed E-state index contributed by atoms with van der Waals surface area (Å²) < 4.78 is 5.23. The predicted molar refractivity (Wildman–Crippen MR) is 116 cm³/mol. The molecule has 1 fully saturated rings. The maximum Gasteiger partial charge on any atom is 0.341 e. The molecule has 30 heavy (non-hydrogen) atoms. The van der Waals surface area contributed by atoms with Crippen LogP contribution in [-0.2, 0) is 14.3 Å². The molecule has 7 heteroatoms. The summed E-state index contributed by atoms with van der Waals surface area (Å²) in [7, 11) is 0. The van der Waals surface area contributed by atoms with Crippen molar-refractivity contribution < 1.29 is 19.1 Å². The number of anilines is 1. The summed E-state index contributed by atoms with van der Waals surface area (Å²) >= 11 is 1.35. The van der Waals surface area contributed by atoms with Crippen molar-refractivity contribution in [1.82, 2.24) is 4.90 Å². The molecule has 0 bridgehead atoms. The first-order valence-electron chi connectivity index (χ1n) is 10.1. The first-order chi connectivity index (χ1) is 14.5. The van der Waals surface area contributed by atoms with Crippen molar-refractivity contribution in [2.45, 2.75) is 45.1 Å². The molecule has 1 atom stereocenters. The predicted octanol–water partition coefficient (Wildman–Crippen LogP) is 4.70. The lowest BCUT2D eigenvalue weighted by molar-refractivity contribution is -0.129. The van der Waals surface area contributed by atoms with Crippen molar-refractivity contribution in [3.63, 3.8) is 0 Å². The lowest BCUT2D eigenvalue weighted by atomic mass is 9.93. The van der Waals surface area contributed by atoms with Gasteiger partial charge in [0.15, 0.2) is 0 Å². The van der Waals surface area contributed by atoms with Gasteiger partial charge in [-0.2, -0.15) is 0 Å². The van der Waals surface area contributed by atoms with Crippen LogP contribution in [0.1, 0.15) is 72.1 Å². The second-order valence-electron chi connectivity index (χ2n) is 7.53. The number of hydrogen-bond acceptors (Lipinski definition) is 5. The molecule has 0 spiro atoms. The van der Waals surface area contributed by atoms with Crippen molar-refractivity contribution in [2.24, 2.45) is 0 Å². The molecule has 0 saturated heterocycles. The van der Waals surface area contributed by atoms with E-state index in [1.807, 2.05) is 35.7 Å². The van der Waals surface area contributed by atoms with Gasteiger partial charge in [-0.05, 0) is 53.8 Å². The summed E-state index contributed by atoms with van der Waals surface area (Å²) in [4.78, 5) is 39.2. The summed E-state index contributed by atoms with van der Waals surface area (Å²) in [5.74, 6) is -0.397. The van der Waals surface area contributed by atoms with Crippen molar-refractivity contribution in [3.8, 4) is 0 Å². The van der Waals surface area contributed by atoms with E-state index < -0.39 is 12.0 Å². The quantitative estimate of drug-likeness (QED) is 0.682. The molecule has 156 valence electrons. The van der Waals surface area contributed by atoms with E-state index in [1.54, 1.807) is 18.0 Å². The highest BCUT2D eigenvalue weighted by molar-refractivity contribution is 7.15. The van der Waals surface area contributed by atoms with Crippen LogP contribution in [0.2, 0.25) is 0 Å². The van der Waals surface area contributed by atoms with E-state index in [2.05, 4.69) is 5.32 Å². The minimum Gasteiger partial charge on any atom is -0.462 e. The van der Waals surface area contributed by atoms with Gasteiger partial charge in [0, 0.05) is 13.1 Å². The van der Waals surface area contributed by atoms with Crippen LogP contribution in [0.4, 0.5) is 5.00 Å². The van der Waals surface area contributed by atoms with Gasteiger partial charge in [0.05, 0.1) is 24.6 Å². The zero-order valence-corrected chi connectivity index (χ0v) is 17.8. The van der Waals surface area contributed by atoms with E-state index in [1.165, 1.54) is 18.3 Å². The molecule has 4 rings (SSSR count). The molecule has 1 aromatic heterocycles. The second kappa shape index (κ2) is 8.44. The van der Waals surface area contributed by atoms with Gasteiger partial charge in [-0.1, -0.05) is 24.3 Å². The number of amides is 2. The first-order valence-corrected chi connectivity index (χ1v) is 11.0. The standard InChI is InChI=1S/C23H24N2O4S/c1-3-29-23(28)21-18(16-8-9-16)13-30-22(21)24-20(27)12-19-17-7-5-4-6-15(17)10-11-25(19)14(2)26/h4-7,10-11,13,16,19H,3,8-9,12H2,1-2H3,(H,24,27). The zero-order valence-electron chi connectivity index (χ0n) is 17.0. The van der Waals surface area contributed by atoms with E-state index in [-0.39, 0.29) is 24.8 Å². The monoisotopic (exact) mass is 424 g/mol. The van der Waals surface area contributed by atoms with Gasteiger partial charge in [-0.25, -0.2) is 4.79 Å². The molecular formula is C23H24N2O4S. The molecule has 1 unspecified atom stereocenters. The molecule has 2 heterocycles. The fourth-order valence-electron chi connectivity index (χ4n) is 3.84. The Morgan fingerprint density at radius 3 is 2.67 bits per heavy atom. The molecule has 1 aliphatic carbocycles. The molecule has 2 aromatic rings. The Labute approximate surface area is 179 Å². The third kappa shape index (κ3) is 4.03. The molecule has 6 nitrogen and oxygen atoms in total. The van der Waals surface area contributed by atoms with Crippen molar-refractivity contribution in [2.75, 3.05) is 11.9 Å². The summed E-state index contributed by atoms with van der Waals surface area (Å²) in [6.45, 7) is 3.54. The molecular weight excluding hydrogens is 400 g/mol. The Bertz CT molecular complexity index is 1020. The number of carbonyl (C=O) groups excluding carboxylic acids is 3. The minimum atomic E-state index is -0.396. The first kappa shape index (κ1) is 20.3. The Morgan fingerprint density at radius 1 is 1.20 bits per heavy atom. The van der Waals surface area contributed by atoms with Crippen LogP contribution < -0.4 is 5.32 Å². The van der Waals surface area contributed by atoms with Gasteiger partial charge in [0.25, 0.3) is 0 Å². The molecule has 1 saturated carbocycles. The largest absolute Gasteiger partial charge is 0.462 e. The Hall–Kier alpha value is -2.93. The van der Waals surface area contributed by atoms with E-state index in [0.29, 0.717) is 16.5 Å². The summed E-state index contributed by atoms with van der Waals surface area (Å²) in [6, 6.07) is 7.35. The van der Waals surface area contributed by atoms with Crippen LogP contribution in [-0.4, -0.2) is 29.3 Å². The van der Waals surface area contributed by atoms with Gasteiger partial charge >= 0.3 is 5.97 Å². The second-order valence-corrected chi connectivity index (χ2v) is 8.41. The third-order valence-electron chi connectivity index (χ3n) is 5.42. The zero-order chi connectivity index (χ0) is 21.3. The number of ether oxygens (including phenoxy) is 1. The van der Waals surface area contributed by atoms with Gasteiger partial charge in [-0.3, -0.25) is 9.59 Å². The maximum atomic E-state index is 13.0. The lowest BCUT2D eigenvalue weighted by Crippen LogP contribution is -2.33. The molecule has 1 N–H and O–H groups in total. The fraction of sp³-hybridized carbons (Fsp3) is 0.348. The maximum absolute atomic E-state index is 13.0. The number of nitrogens with one attached hydrogen (secondary N) is 1. The average Bonchev–Trinajstić information content (AvgIpc) is 3.48. The fourth-order valence-corrected chi connectivity index (χ4v) is 4.89.